The molecule has 1 aliphatic heterocycles. The highest BCUT2D eigenvalue weighted by atomic mass is 32.2. The standard InChI is InChI=1S/C13H17N5O2S/c19-21(20,16-7-9-18-8-6-15-17-18)12-3-4-13-11(10-12)2-1-5-14-13/h3-4,6,8,10,14,16H,1-2,5,7,9H2. The Kier molecular flexibility index (Phi) is 3.89. The maximum Gasteiger partial charge on any atom is 0.240 e. The summed E-state index contributed by atoms with van der Waals surface area (Å²) in [6.45, 7) is 1.67. The van der Waals surface area contributed by atoms with Gasteiger partial charge >= 0.3 is 0 Å². The summed E-state index contributed by atoms with van der Waals surface area (Å²) in [5.74, 6) is 0. The molecule has 1 aromatic heterocycles. The first-order chi connectivity index (χ1) is 10.1. The molecule has 2 heterocycles. The molecule has 0 saturated carbocycles. The molecule has 2 N–H and O–H groups in total. The zero-order chi connectivity index (χ0) is 14.7. The van der Waals surface area contributed by atoms with Crippen LogP contribution in [0.2, 0.25) is 0 Å². The number of hydrogen-bond donors (Lipinski definition) is 2. The minimum absolute atomic E-state index is 0.279. The molecule has 0 unspecified atom stereocenters. The highest BCUT2D eigenvalue weighted by Gasteiger charge is 2.17. The van der Waals surface area contributed by atoms with Crippen LogP contribution in [0.1, 0.15) is 12.0 Å². The van der Waals surface area contributed by atoms with Gasteiger partial charge in [0.1, 0.15) is 0 Å². The van der Waals surface area contributed by atoms with Crippen LogP contribution in [0.15, 0.2) is 35.5 Å². The van der Waals surface area contributed by atoms with Gasteiger partial charge in [0.15, 0.2) is 0 Å². The summed E-state index contributed by atoms with van der Waals surface area (Å²) in [5, 5.41) is 10.7. The van der Waals surface area contributed by atoms with E-state index in [0.29, 0.717) is 11.4 Å². The van der Waals surface area contributed by atoms with E-state index in [-0.39, 0.29) is 6.54 Å². The van der Waals surface area contributed by atoms with Gasteiger partial charge in [-0.25, -0.2) is 13.1 Å². The van der Waals surface area contributed by atoms with Crippen LogP contribution in [-0.2, 0) is 23.0 Å². The van der Waals surface area contributed by atoms with Crippen molar-refractivity contribution in [3.63, 3.8) is 0 Å². The van der Waals surface area contributed by atoms with E-state index in [2.05, 4.69) is 20.4 Å². The van der Waals surface area contributed by atoms with Gasteiger partial charge in [-0.2, -0.15) is 0 Å². The summed E-state index contributed by atoms with van der Waals surface area (Å²) < 4.78 is 28.7. The summed E-state index contributed by atoms with van der Waals surface area (Å²) >= 11 is 0. The van der Waals surface area contributed by atoms with E-state index in [1.165, 1.54) is 0 Å². The second-order valence-corrected chi connectivity index (χ2v) is 6.68. The van der Waals surface area contributed by atoms with Gasteiger partial charge in [0.05, 0.1) is 17.6 Å². The number of benzene rings is 1. The van der Waals surface area contributed by atoms with Crippen molar-refractivity contribution < 1.29 is 8.42 Å². The quantitative estimate of drug-likeness (QED) is 0.845. The number of rotatable bonds is 5. The summed E-state index contributed by atoms with van der Waals surface area (Å²) in [6, 6.07) is 5.22. The van der Waals surface area contributed by atoms with Crippen molar-refractivity contribution in [2.24, 2.45) is 0 Å². The zero-order valence-corrected chi connectivity index (χ0v) is 12.3. The van der Waals surface area contributed by atoms with Crippen molar-refractivity contribution in [2.45, 2.75) is 24.3 Å². The van der Waals surface area contributed by atoms with Crippen molar-refractivity contribution in [1.29, 1.82) is 0 Å². The zero-order valence-electron chi connectivity index (χ0n) is 11.5. The summed E-state index contributed by atoms with van der Waals surface area (Å²) in [6.07, 6.45) is 5.19. The first kappa shape index (κ1) is 14.0. The minimum atomic E-state index is -3.49. The van der Waals surface area contributed by atoms with Crippen LogP contribution in [-0.4, -0.2) is 36.5 Å². The van der Waals surface area contributed by atoms with Gasteiger partial charge in [-0.15, -0.1) is 5.10 Å². The number of sulfonamides is 1. The molecule has 1 aromatic carbocycles. The third-order valence-electron chi connectivity index (χ3n) is 3.43. The number of nitrogens with zero attached hydrogens (tertiary/aromatic N) is 3. The first-order valence-electron chi connectivity index (χ1n) is 6.86. The Hall–Kier alpha value is -1.93. The average molecular weight is 307 g/mol. The maximum atomic E-state index is 12.3. The molecule has 0 atom stereocenters. The molecule has 21 heavy (non-hydrogen) atoms. The molecule has 0 bridgehead atoms. The van der Waals surface area contributed by atoms with Crippen molar-refractivity contribution in [1.82, 2.24) is 19.7 Å². The fourth-order valence-corrected chi connectivity index (χ4v) is 3.42. The molecule has 0 radical (unpaired) electrons. The van der Waals surface area contributed by atoms with Crippen LogP contribution < -0.4 is 10.0 Å². The van der Waals surface area contributed by atoms with Gasteiger partial charge in [-0.1, -0.05) is 5.21 Å². The Labute approximate surface area is 123 Å². The fourth-order valence-electron chi connectivity index (χ4n) is 2.35. The Morgan fingerprint density at radius 3 is 3.10 bits per heavy atom. The van der Waals surface area contributed by atoms with Crippen molar-refractivity contribution >= 4 is 15.7 Å². The molecule has 2 aromatic rings. The van der Waals surface area contributed by atoms with E-state index < -0.39 is 10.0 Å². The van der Waals surface area contributed by atoms with Gasteiger partial charge in [-0.05, 0) is 36.6 Å². The van der Waals surface area contributed by atoms with Crippen LogP contribution in [0.4, 0.5) is 5.69 Å². The average Bonchev–Trinajstić information content (AvgIpc) is 3.00. The molecule has 0 amide bonds. The lowest BCUT2D eigenvalue weighted by Gasteiger charge is -2.18. The molecular formula is C13H17N5O2S. The summed E-state index contributed by atoms with van der Waals surface area (Å²) in [4.78, 5) is 0.309. The lowest BCUT2D eigenvalue weighted by atomic mass is 10.0. The number of aromatic nitrogens is 3. The van der Waals surface area contributed by atoms with Crippen LogP contribution in [0.25, 0.3) is 0 Å². The highest BCUT2D eigenvalue weighted by Crippen LogP contribution is 2.24. The Bertz CT molecular complexity index is 712. The molecular weight excluding hydrogens is 290 g/mol. The second-order valence-electron chi connectivity index (χ2n) is 4.91. The summed E-state index contributed by atoms with van der Waals surface area (Å²) in [7, 11) is -3.49. The predicted octanol–water partition coefficient (Wildman–Crippen LogP) is 0.615. The van der Waals surface area contributed by atoms with Crippen LogP contribution in [0.3, 0.4) is 0 Å². The number of hydrogen-bond acceptors (Lipinski definition) is 5. The monoisotopic (exact) mass is 307 g/mol. The smallest absolute Gasteiger partial charge is 0.240 e. The molecule has 0 saturated heterocycles. The molecule has 3 rings (SSSR count). The van der Waals surface area contributed by atoms with Gasteiger partial charge < -0.3 is 5.32 Å². The van der Waals surface area contributed by atoms with Gasteiger partial charge in [0.2, 0.25) is 10.0 Å². The van der Waals surface area contributed by atoms with Crippen molar-refractivity contribution in [3.8, 4) is 0 Å². The SMILES string of the molecule is O=S(=O)(NCCn1ccnn1)c1ccc2c(c1)CCCN2. The number of aryl methyl sites for hydroxylation is 1. The minimum Gasteiger partial charge on any atom is -0.385 e. The first-order valence-corrected chi connectivity index (χ1v) is 8.34. The van der Waals surface area contributed by atoms with Crippen LogP contribution in [0, 0.1) is 0 Å². The van der Waals surface area contributed by atoms with E-state index in [1.807, 2.05) is 6.07 Å². The lowest BCUT2D eigenvalue weighted by molar-refractivity contribution is 0.552. The summed E-state index contributed by atoms with van der Waals surface area (Å²) in [5.41, 5.74) is 2.09. The Morgan fingerprint density at radius 1 is 1.38 bits per heavy atom. The number of fused-ring (bicyclic) bond motifs is 1. The molecule has 8 heteroatoms. The number of anilines is 1. The van der Waals surface area contributed by atoms with E-state index in [1.54, 1.807) is 29.2 Å². The molecule has 0 fully saturated rings. The highest BCUT2D eigenvalue weighted by molar-refractivity contribution is 7.89. The van der Waals surface area contributed by atoms with Crippen molar-refractivity contribution in [3.05, 3.63) is 36.2 Å². The molecule has 0 aliphatic carbocycles. The predicted molar refractivity (Wildman–Crippen MR) is 78.5 cm³/mol. The molecule has 7 nitrogen and oxygen atoms in total. The second kappa shape index (κ2) is 5.82. The fraction of sp³-hybridized carbons (Fsp3) is 0.385. The maximum absolute atomic E-state index is 12.3. The van der Waals surface area contributed by atoms with E-state index in [9.17, 15) is 8.42 Å². The third-order valence-corrected chi connectivity index (χ3v) is 4.89. The van der Waals surface area contributed by atoms with Gasteiger partial charge in [0, 0.05) is 25.0 Å². The lowest BCUT2D eigenvalue weighted by Crippen LogP contribution is -2.28. The van der Waals surface area contributed by atoms with E-state index >= 15 is 0 Å². The third kappa shape index (κ3) is 3.22. The topological polar surface area (TPSA) is 88.9 Å². The molecule has 0 spiro atoms. The van der Waals surface area contributed by atoms with Gasteiger partial charge in [-0.3, -0.25) is 4.68 Å². The van der Waals surface area contributed by atoms with Gasteiger partial charge in [0.25, 0.3) is 0 Å². The normalized spacial score (nSPS) is 14.5. The van der Waals surface area contributed by atoms with Crippen molar-refractivity contribution in [2.75, 3.05) is 18.4 Å². The van der Waals surface area contributed by atoms with Crippen LogP contribution >= 0.6 is 0 Å². The largest absolute Gasteiger partial charge is 0.385 e. The Morgan fingerprint density at radius 2 is 2.29 bits per heavy atom. The van der Waals surface area contributed by atoms with E-state index in [0.717, 1.165) is 30.6 Å². The van der Waals surface area contributed by atoms with E-state index in [4.69, 9.17) is 0 Å². The molecule has 1 aliphatic rings. The molecule has 112 valence electrons. The Balaban J connectivity index is 1.69. The van der Waals surface area contributed by atoms with Crippen LogP contribution in [0.5, 0.6) is 0 Å². The number of nitrogens with one attached hydrogen (secondary N) is 2.